The summed E-state index contributed by atoms with van der Waals surface area (Å²) in [5.74, 6) is 0. The molecule has 1 heterocycles. The van der Waals surface area contributed by atoms with Gasteiger partial charge in [-0.2, -0.15) is 0 Å². The summed E-state index contributed by atoms with van der Waals surface area (Å²) < 4.78 is 0. The SMILES string of the molecule is C=C[SiH2]c1cccnc1. The third kappa shape index (κ3) is 1.81. The van der Waals surface area contributed by atoms with E-state index in [-0.39, 0.29) is 9.52 Å². The quantitative estimate of drug-likeness (QED) is 0.521. The predicted molar refractivity (Wildman–Crippen MR) is 42.6 cm³/mol. The first kappa shape index (κ1) is 6.23. The molecule has 0 aliphatic rings. The molecule has 0 bridgehead atoms. The lowest BCUT2D eigenvalue weighted by Gasteiger charge is -1.89. The first-order chi connectivity index (χ1) is 4.43. The van der Waals surface area contributed by atoms with Crippen LogP contribution in [0.25, 0.3) is 0 Å². The van der Waals surface area contributed by atoms with E-state index in [1.54, 1.807) is 6.20 Å². The highest BCUT2D eigenvalue weighted by Crippen LogP contribution is 1.74. The Bertz CT molecular complexity index is 183. The Kier molecular flexibility index (Phi) is 2.21. The van der Waals surface area contributed by atoms with Crippen molar-refractivity contribution >= 4 is 14.7 Å². The van der Waals surface area contributed by atoms with Crippen LogP contribution < -0.4 is 5.19 Å². The molecule has 0 fully saturated rings. The van der Waals surface area contributed by atoms with E-state index in [4.69, 9.17) is 0 Å². The molecule has 1 aromatic rings. The van der Waals surface area contributed by atoms with Gasteiger partial charge in [-0.25, -0.2) is 0 Å². The van der Waals surface area contributed by atoms with Gasteiger partial charge in [0, 0.05) is 12.4 Å². The van der Waals surface area contributed by atoms with Crippen LogP contribution in [0.2, 0.25) is 0 Å². The summed E-state index contributed by atoms with van der Waals surface area (Å²) in [6, 6.07) is 4.06. The molecular weight excluding hydrogens is 126 g/mol. The van der Waals surface area contributed by atoms with Crippen LogP contribution in [0.3, 0.4) is 0 Å². The van der Waals surface area contributed by atoms with Crippen molar-refractivity contribution in [2.75, 3.05) is 0 Å². The minimum Gasteiger partial charge on any atom is -0.265 e. The number of nitrogens with zero attached hydrogens (tertiary/aromatic N) is 1. The summed E-state index contributed by atoms with van der Waals surface area (Å²) in [7, 11) is -0.200. The molecule has 0 aliphatic heterocycles. The van der Waals surface area contributed by atoms with E-state index in [2.05, 4.69) is 17.6 Å². The Morgan fingerprint density at radius 1 is 1.67 bits per heavy atom. The maximum Gasteiger partial charge on any atom is 0.0795 e. The molecule has 1 nitrogen and oxygen atoms in total. The number of rotatable bonds is 2. The van der Waals surface area contributed by atoms with Crippen LogP contribution in [-0.2, 0) is 0 Å². The molecule has 0 saturated carbocycles. The van der Waals surface area contributed by atoms with Gasteiger partial charge in [-0.3, -0.25) is 4.98 Å². The van der Waals surface area contributed by atoms with Crippen LogP contribution >= 0.6 is 0 Å². The van der Waals surface area contributed by atoms with Crippen molar-refractivity contribution in [3.63, 3.8) is 0 Å². The summed E-state index contributed by atoms with van der Waals surface area (Å²) in [4.78, 5) is 3.99. The van der Waals surface area contributed by atoms with Gasteiger partial charge in [0.15, 0.2) is 0 Å². The van der Waals surface area contributed by atoms with E-state index < -0.39 is 0 Å². The standard InChI is InChI=1S/C7H9NSi/c1-2-9-7-4-3-5-8-6-7/h2-6H,1,9H2. The molecule has 1 aromatic heterocycles. The predicted octanol–water partition coefficient (Wildman–Crippen LogP) is 0.0192. The lowest BCUT2D eigenvalue weighted by molar-refractivity contribution is 1.35. The highest BCUT2D eigenvalue weighted by atomic mass is 28.2. The van der Waals surface area contributed by atoms with Crippen LogP contribution in [0.1, 0.15) is 0 Å². The second kappa shape index (κ2) is 3.20. The van der Waals surface area contributed by atoms with E-state index in [9.17, 15) is 0 Å². The topological polar surface area (TPSA) is 12.9 Å². The van der Waals surface area contributed by atoms with Crippen molar-refractivity contribution in [3.8, 4) is 0 Å². The highest BCUT2D eigenvalue weighted by molar-refractivity contribution is 6.58. The zero-order valence-corrected chi connectivity index (χ0v) is 6.66. The maximum absolute atomic E-state index is 3.99. The fraction of sp³-hybridized carbons (Fsp3) is 0. The van der Waals surface area contributed by atoms with Crippen LogP contribution in [0.15, 0.2) is 36.8 Å². The zero-order chi connectivity index (χ0) is 6.53. The first-order valence-corrected chi connectivity index (χ1v) is 4.45. The Morgan fingerprint density at radius 3 is 3.11 bits per heavy atom. The minimum atomic E-state index is -0.200. The van der Waals surface area contributed by atoms with E-state index >= 15 is 0 Å². The first-order valence-electron chi connectivity index (χ1n) is 2.93. The minimum absolute atomic E-state index is 0.200. The molecule has 0 radical (unpaired) electrons. The van der Waals surface area contributed by atoms with Crippen LogP contribution in [0, 0.1) is 0 Å². The average Bonchev–Trinajstić information content (AvgIpc) is 1.91. The van der Waals surface area contributed by atoms with Crippen molar-refractivity contribution < 1.29 is 0 Å². The lowest BCUT2D eigenvalue weighted by atomic mass is 10.5. The number of aromatic nitrogens is 1. The van der Waals surface area contributed by atoms with Crippen molar-refractivity contribution in [2.24, 2.45) is 0 Å². The molecule has 9 heavy (non-hydrogen) atoms. The molecule has 46 valence electrons. The number of pyridine rings is 1. The van der Waals surface area contributed by atoms with Crippen molar-refractivity contribution in [1.29, 1.82) is 0 Å². The van der Waals surface area contributed by atoms with Crippen molar-refractivity contribution in [2.45, 2.75) is 0 Å². The van der Waals surface area contributed by atoms with Gasteiger partial charge in [0.05, 0.1) is 9.52 Å². The molecule has 0 atom stereocenters. The van der Waals surface area contributed by atoms with Gasteiger partial charge in [-0.15, -0.1) is 12.3 Å². The molecule has 0 unspecified atom stereocenters. The second-order valence-corrected chi connectivity index (χ2v) is 3.66. The fourth-order valence-electron chi connectivity index (χ4n) is 0.686. The second-order valence-electron chi connectivity index (χ2n) is 1.85. The van der Waals surface area contributed by atoms with Gasteiger partial charge >= 0.3 is 0 Å². The van der Waals surface area contributed by atoms with E-state index in [0.29, 0.717) is 0 Å². The molecule has 0 saturated heterocycles. The summed E-state index contributed by atoms with van der Waals surface area (Å²) in [6.45, 7) is 3.69. The number of hydrogen-bond acceptors (Lipinski definition) is 1. The molecule has 2 heteroatoms. The normalized spacial score (nSPS) is 10.2. The maximum atomic E-state index is 3.99. The van der Waals surface area contributed by atoms with Crippen molar-refractivity contribution in [3.05, 3.63) is 36.8 Å². The molecule has 0 aliphatic carbocycles. The Labute approximate surface area is 57.3 Å². The number of hydrogen-bond donors (Lipinski definition) is 0. The summed E-state index contributed by atoms with van der Waals surface area (Å²) in [5, 5.41) is 1.35. The van der Waals surface area contributed by atoms with Crippen LogP contribution in [-0.4, -0.2) is 14.5 Å². The monoisotopic (exact) mass is 135 g/mol. The molecule has 0 N–H and O–H groups in total. The third-order valence-electron chi connectivity index (χ3n) is 1.10. The Balaban J connectivity index is 2.72. The fourth-order valence-corrected chi connectivity index (χ4v) is 1.50. The van der Waals surface area contributed by atoms with Gasteiger partial charge in [0.2, 0.25) is 0 Å². The Hall–Kier alpha value is -0.893. The average molecular weight is 135 g/mol. The van der Waals surface area contributed by atoms with E-state index in [1.165, 1.54) is 5.19 Å². The van der Waals surface area contributed by atoms with Gasteiger partial charge in [0.25, 0.3) is 0 Å². The molecular formula is C7H9NSi. The zero-order valence-electron chi connectivity index (χ0n) is 5.25. The van der Waals surface area contributed by atoms with Gasteiger partial charge in [-0.1, -0.05) is 6.07 Å². The molecule has 0 aromatic carbocycles. The van der Waals surface area contributed by atoms with Crippen LogP contribution in [0.4, 0.5) is 0 Å². The van der Waals surface area contributed by atoms with Gasteiger partial charge in [0.1, 0.15) is 0 Å². The summed E-state index contributed by atoms with van der Waals surface area (Å²) in [6.07, 6.45) is 3.70. The van der Waals surface area contributed by atoms with Crippen LogP contribution in [0.5, 0.6) is 0 Å². The Morgan fingerprint density at radius 2 is 2.56 bits per heavy atom. The summed E-state index contributed by atoms with van der Waals surface area (Å²) in [5.41, 5.74) is 2.01. The molecule has 0 amide bonds. The molecule has 1 rings (SSSR count). The third-order valence-corrected chi connectivity index (χ3v) is 2.28. The largest absolute Gasteiger partial charge is 0.265 e. The van der Waals surface area contributed by atoms with Gasteiger partial charge in [-0.05, 0) is 11.3 Å². The van der Waals surface area contributed by atoms with Gasteiger partial charge < -0.3 is 0 Å². The van der Waals surface area contributed by atoms with E-state index in [0.717, 1.165) is 0 Å². The lowest BCUT2D eigenvalue weighted by Crippen LogP contribution is -2.10. The summed E-state index contributed by atoms with van der Waals surface area (Å²) >= 11 is 0. The van der Waals surface area contributed by atoms with E-state index in [1.807, 2.05) is 18.0 Å². The molecule has 0 spiro atoms. The van der Waals surface area contributed by atoms with Crippen molar-refractivity contribution in [1.82, 2.24) is 4.98 Å². The highest BCUT2D eigenvalue weighted by Gasteiger charge is 1.84. The smallest absolute Gasteiger partial charge is 0.0795 e.